The van der Waals surface area contributed by atoms with Crippen molar-refractivity contribution in [1.82, 2.24) is 15.1 Å². The maximum Gasteiger partial charge on any atom is 0.274 e. The maximum atomic E-state index is 13.6. The number of ether oxygens (including phenoxy) is 1. The SMILES string of the molecule is O=C(NCCOc1ccccc1F)c1nn(Cc2ccccc2)c(=O)c2ccccc12. The highest BCUT2D eigenvalue weighted by atomic mass is 19.1. The first-order valence-electron chi connectivity index (χ1n) is 9.83. The fourth-order valence-corrected chi connectivity index (χ4v) is 3.24. The lowest BCUT2D eigenvalue weighted by Gasteiger charge is -2.12. The van der Waals surface area contributed by atoms with Crippen LogP contribution < -0.4 is 15.6 Å². The lowest BCUT2D eigenvalue weighted by atomic mass is 10.1. The van der Waals surface area contributed by atoms with Gasteiger partial charge in [-0.25, -0.2) is 9.07 Å². The maximum absolute atomic E-state index is 13.6. The van der Waals surface area contributed by atoms with Gasteiger partial charge in [0.1, 0.15) is 6.61 Å². The average Bonchev–Trinajstić information content (AvgIpc) is 2.80. The Kier molecular flexibility index (Phi) is 6.03. The van der Waals surface area contributed by atoms with Crippen molar-refractivity contribution < 1.29 is 13.9 Å². The zero-order valence-corrected chi connectivity index (χ0v) is 16.6. The lowest BCUT2D eigenvalue weighted by Crippen LogP contribution is -2.33. The Bertz CT molecular complexity index is 1270. The normalized spacial score (nSPS) is 10.7. The van der Waals surface area contributed by atoms with Crippen LogP contribution in [0.5, 0.6) is 5.75 Å². The Hall–Kier alpha value is -4.00. The predicted octanol–water partition coefficient (Wildman–Crippen LogP) is 3.39. The van der Waals surface area contributed by atoms with Gasteiger partial charge in [0.15, 0.2) is 17.3 Å². The zero-order chi connectivity index (χ0) is 21.6. The number of amides is 1. The number of para-hydroxylation sites is 1. The van der Waals surface area contributed by atoms with Crippen molar-refractivity contribution in [2.75, 3.05) is 13.2 Å². The highest BCUT2D eigenvalue weighted by Gasteiger charge is 2.16. The van der Waals surface area contributed by atoms with Gasteiger partial charge < -0.3 is 10.1 Å². The standard InChI is InChI=1S/C24H20FN3O3/c25-20-12-6-7-13-21(20)31-15-14-26-23(29)22-18-10-4-5-11-19(18)24(30)28(27-22)16-17-8-2-1-3-9-17/h1-13H,14-16H2,(H,26,29). The van der Waals surface area contributed by atoms with Crippen LogP contribution in [0.2, 0.25) is 0 Å². The minimum absolute atomic E-state index is 0.0915. The molecule has 0 aliphatic carbocycles. The topological polar surface area (TPSA) is 73.2 Å². The largest absolute Gasteiger partial charge is 0.489 e. The van der Waals surface area contributed by atoms with Crippen LogP contribution in [0.25, 0.3) is 10.8 Å². The summed E-state index contributed by atoms with van der Waals surface area (Å²) in [5.41, 5.74) is 0.785. The van der Waals surface area contributed by atoms with Gasteiger partial charge in [0.05, 0.1) is 18.5 Å². The van der Waals surface area contributed by atoms with E-state index in [1.807, 2.05) is 30.3 Å². The van der Waals surface area contributed by atoms with Crippen LogP contribution in [0.4, 0.5) is 4.39 Å². The molecular weight excluding hydrogens is 397 g/mol. The molecule has 156 valence electrons. The summed E-state index contributed by atoms with van der Waals surface area (Å²) < 4.78 is 20.3. The van der Waals surface area contributed by atoms with Crippen molar-refractivity contribution in [2.45, 2.75) is 6.54 Å². The van der Waals surface area contributed by atoms with Crippen LogP contribution in [0, 0.1) is 5.82 Å². The zero-order valence-electron chi connectivity index (χ0n) is 16.6. The molecule has 0 bridgehead atoms. The summed E-state index contributed by atoms with van der Waals surface area (Å²) in [5.74, 6) is -0.777. The van der Waals surface area contributed by atoms with Gasteiger partial charge in [0.25, 0.3) is 11.5 Å². The predicted molar refractivity (Wildman–Crippen MR) is 116 cm³/mol. The smallest absolute Gasteiger partial charge is 0.274 e. The lowest BCUT2D eigenvalue weighted by molar-refractivity contribution is 0.0941. The fraction of sp³-hybridized carbons (Fsp3) is 0.125. The van der Waals surface area contributed by atoms with Crippen LogP contribution in [-0.4, -0.2) is 28.8 Å². The van der Waals surface area contributed by atoms with E-state index in [1.54, 1.807) is 36.4 Å². The third kappa shape index (κ3) is 4.61. The molecule has 0 saturated heterocycles. The van der Waals surface area contributed by atoms with Crippen LogP contribution in [0.15, 0.2) is 83.7 Å². The molecule has 4 aromatic rings. The van der Waals surface area contributed by atoms with E-state index in [4.69, 9.17) is 4.74 Å². The van der Waals surface area contributed by atoms with Gasteiger partial charge in [-0.05, 0) is 23.8 Å². The van der Waals surface area contributed by atoms with Crippen LogP contribution in [-0.2, 0) is 6.54 Å². The molecule has 0 spiro atoms. The molecule has 0 aliphatic heterocycles. The second kappa shape index (κ2) is 9.21. The molecule has 3 aromatic carbocycles. The Morgan fingerprint density at radius 2 is 1.61 bits per heavy atom. The van der Waals surface area contributed by atoms with Crippen molar-refractivity contribution >= 4 is 16.7 Å². The minimum atomic E-state index is -0.463. The van der Waals surface area contributed by atoms with E-state index in [9.17, 15) is 14.0 Å². The number of halogens is 1. The Balaban J connectivity index is 1.54. The summed E-state index contributed by atoms with van der Waals surface area (Å²) in [6, 6.07) is 22.4. The Morgan fingerprint density at radius 3 is 2.39 bits per heavy atom. The van der Waals surface area contributed by atoms with Gasteiger partial charge in [0.2, 0.25) is 0 Å². The molecule has 0 saturated carbocycles. The summed E-state index contributed by atoms with van der Waals surface area (Å²) in [4.78, 5) is 25.7. The van der Waals surface area contributed by atoms with E-state index in [1.165, 1.54) is 16.8 Å². The summed E-state index contributed by atoms with van der Waals surface area (Å²) >= 11 is 0. The van der Waals surface area contributed by atoms with Gasteiger partial charge in [-0.2, -0.15) is 5.10 Å². The van der Waals surface area contributed by atoms with Crippen LogP contribution >= 0.6 is 0 Å². The highest BCUT2D eigenvalue weighted by Crippen LogP contribution is 2.15. The first-order chi connectivity index (χ1) is 15.1. The molecule has 0 fully saturated rings. The summed E-state index contributed by atoms with van der Waals surface area (Å²) in [6.45, 7) is 0.496. The third-order valence-electron chi connectivity index (χ3n) is 4.74. The van der Waals surface area contributed by atoms with Crippen molar-refractivity contribution in [2.24, 2.45) is 0 Å². The molecular formula is C24H20FN3O3. The van der Waals surface area contributed by atoms with Crippen molar-refractivity contribution in [3.05, 3.63) is 106 Å². The summed E-state index contributed by atoms with van der Waals surface area (Å²) in [5, 5.41) is 7.96. The number of hydrogen-bond donors (Lipinski definition) is 1. The molecule has 1 aromatic heterocycles. The van der Waals surface area contributed by atoms with E-state index >= 15 is 0 Å². The molecule has 31 heavy (non-hydrogen) atoms. The van der Waals surface area contributed by atoms with Gasteiger partial charge in [0, 0.05) is 5.39 Å². The third-order valence-corrected chi connectivity index (χ3v) is 4.74. The molecule has 0 unspecified atom stereocenters. The Morgan fingerprint density at radius 1 is 0.935 bits per heavy atom. The van der Waals surface area contributed by atoms with Crippen molar-refractivity contribution in [1.29, 1.82) is 0 Å². The number of carbonyl (C=O) groups excluding carboxylic acids is 1. The summed E-state index contributed by atoms with van der Waals surface area (Å²) in [6.07, 6.45) is 0. The average molecular weight is 417 g/mol. The quantitative estimate of drug-likeness (QED) is 0.468. The van der Waals surface area contributed by atoms with E-state index < -0.39 is 11.7 Å². The first kappa shape index (κ1) is 20.3. The molecule has 7 heteroatoms. The van der Waals surface area contributed by atoms with E-state index in [-0.39, 0.29) is 36.7 Å². The number of carbonyl (C=O) groups is 1. The molecule has 6 nitrogen and oxygen atoms in total. The minimum Gasteiger partial charge on any atom is -0.489 e. The number of hydrogen-bond acceptors (Lipinski definition) is 4. The van der Waals surface area contributed by atoms with E-state index in [0.717, 1.165) is 5.56 Å². The monoisotopic (exact) mass is 417 g/mol. The van der Waals surface area contributed by atoms with Gasteiger partial charge in [-0.3, -0.25) is 9.59 Å². The van der Waals surface area contributed by atoms with E-state index in [0.29, 0.717) is 10.8 Å². The van der Waals surface area contributed by atoms with Gasteiger partial charge in [-0.15, -0.1) is 0 Å². The number of aromatic nitrogens is 2. The first-order valence-corrected chi connectivity index (χ1v) is 9.83. The number of rotatable bonds is 7. The second-order valence-electron chi connectivity index (χ2n) is 6.88. The molecule has 1 N–H and O–H groups in total. The number of nitrogens with one attached hydrogen (secondary N) is 1. The number of nitrogens with zero attached hydrogens (tertiary/aromatic N) is 2. The second-order valence-corrected chi connectivity index (χ2v) is 6.88. The van der Waals surface area contributed by atoms with Gasteiger partial charge in [-0.1, -0.05) is 60.7 Å². The molecule has 4 rings (SSSR count). The van der Waals surface area contributed by atoms with Gasteiger partial charge >= 0.3 is 0 Å². The molecule has 0 atom stereocenters. The summed E-state index contributed by atoms with van der Waals surface area (Å²) in [7, 11) is 0. The Labute approximate surface area is 177 Å². The molecule has 1 amide bonds. The van der Waals surface area contributed by atoms with E-state index in [2.05, 4.69) is 10.4 Å². The fourth-order valence-electron chi connectivity index (χ4n) is 3.24. The molecule has 0 aliphatic rings. The van der Waals surface area contributed by atoms with Crippen molar-refractivity contribution in [3.8, 4) is 5.75 Å². The number of fused-ring (bicyclic) bond motifs is 1. The van der Waals surface area contributed by atoms with Crippen LogP contribution in [0.3, 0.4) is 0 Å². The molecule has 0 radical (unpaired) electrons. The number of benzene rings is 3. The van der Waals surface area contributed by atoms with Crippen molar-refractivity contribution in [3.63, 3.8) is 0 Å². The molecule has 1 heterocycles. The highest BCUT2D eigenvalue weighted by molar-refractivity contribution is 6.04. The van der Waals surface area contributed by atoms with Crippen LogP contribution in [0.1, 0.15) is 16.1 Å².